The maximum absolute atomic E-state index is 12.4. The van der Waals surface area contributed by atoms with E-state index in [1.165, 1.54) is 16.6 Å². The zero-order valence-corrected chi connectivity index (χ0v) is 15.8. The van der Waals surface area contributed by atoms with Crippen molar-refractivity contribution in [2.75, 3.05) is 0 Å². The van der Waals surface area contributed by atoms with Gasteiger partial charge in [0.25, 0.3) is 11.5 Å². The van der Waals surface area contributed by atoms with Crippen LogP contribution in [-0.4, -0.2) is 25.5 Å². The van der Waals surface area contributed by atoms with Gasteiger partial charge in [-0.1, -0.05) is 23.2 Å². The average Bonchev–Trinajstić information content (AvgIpc) is 3.13. The summed E-state index contributed by atoms with van der Waals surface area (Å²) in [5.41, 5.74) is 2.47. The Balaban J connectivity index is 1.58. The number of halogens is 2. The maximum Gasteiger partial charge on any atom is 0.272 e. The molecule has 0 bridgehead atoms. The van der Waals surface area contributed by atoms with Crippen LogP contribution in [0.1, 0.15) is 16.1 Å². The number of nitrogens with zero attached hydrogens (tertiary/aromatic N) is 3. The number of benzene rings is 1. The summed E-state index contributed by atoms with van der Waals surface area (Å²) in [5, 5.41) is 6.40. The molecule has 140 valence electrons. The Hall–Kier alpha value is -3.16. The number of pyridine rings is 1. The highest BCUT2D eigenvalue weighted by Crippen LogP contribution is 2.20. The maximum atomic E-state index is 12.4. The molecule has 0 aliphatic carbocycles. The molecule has 0 unspecified atom stereocenters. The van der Waals surface area contributed by atoms with Gasteiger partial charge in [0.05, 0.1) is 28.5 Å². The van der Waals surface area contributed by atoms with Crippen LogP contribution in [0, 0.1) is 0 Å². The van der Waals surface area contributed by atoms with Gasteiger partial charge in [0.2, 0.25) is 0 Å². The van der Waals surface area contributed by atoms with E-state index in [9.17, 15) is 9.59 Å². The molecule has 7 nitrogen and oxygen atoms in total. The number of rotatable bonds is 4. The van der Waals surface area contributed by atoms with Crippen molar-refractivity contribution >= 4 is 34.8 Å². The Morgan fingerprint density at radius 1 is 1.11 bits per heavy atom. The minimum Gasteiger partial charge on any atom is -0.346 e. The molecule has 0 spiro atoms. The third kappa shape index (κ3) is 3.62. The largest absolute Gasteiger partial charge is 0.346 e. The lowest BCUT2D eigenvalue weighted by molar-refractivity contribution is 0.0950. The lowest BCUT2D eigenvalue weighted by Gasteiger charge is -2.07. The van der Waals surface area contributed by atoms with Gasteiger partial charge in [-0.05, 0) is 30.3 Å². The fourth-order valence-electron chi connectivity index (χ4n) is 2.75. The van der Waals surface area contributed by atoms with Gasteiger partial charge in [-0.25, -0.2) is 9.50 Å². The van der Waals surface area contributed by atoms with E-state index in [1.54, 1.807) is 30.6 Å². The molecule has 0 saturated carbocycles. The minimum atomic E-state index is -0.402. The van der Waals surface area contributed by atoms with Crippen LogP contribution < -0.4 is 10.9 Å². The molecule has 0 atom stereocenters. The van der Waals surface area contributed by atoms with Crippen molar-refractivity contribution in [1.82, 2.24) is 24.9 Å². The third-order valence-corrected chi connectivity index (χ3v) is 4.66. The number of fused-ring (bicyclic) bond motifs is 1. The highest BCUT2D eigenvalue weighted by atomic mass is 35.5. The summed E-state index contributed by atoms with van der Waals surface area (Å²) in [4.78, 5) is 33.1. The van der Waals surface area contributed by atoms with E-state index >= 15 is 0 Å². The van der Waals surface area contributed by atoms with Crippen LogP contribution in [0.4, 0.5) is 0 Å². The Bertz CT molecular complexity index is 1230. The second-order valence-electron chi connectivity index (χ2n) is 5.99. The van der Waals surface area contributed by atoms with Gasteiger partial charge in [-0.15, -0.1) is 0 Å². The molecule has 0 aliphatic heterocycles. The molecular formula is C19H13Cl2N5O2. The van der Waals surface area contributed by atoms with Gasteiger partial charge in [-0.3, -0.25) is 19.7 Å². The van der Waals surface area contributed by atoms with E-state index in [0.29, 0.717) is 16.4 Å². The van der Waals surface area contributed by atoms with Crippen LogP contribution in [-0.2, 0) is 6.54 Å². The summed E-state index contributed by atoms with van der Waals surface area (Å²) in [6, 6.07) is 11.4. The highest BCUT2D eigenvalue weighted by Gasteiger charge is 2.12. The lowest BCUT2D eigenvalue weighted by atomic mass is 10.2. The summed E-state index contributed by atoms with van der Waals surface area (Å²) in [7, 11) is 0. The van der Waals surface area contributed by atoms with E-state index < -0.39 is 5.91 Å². The van der Waals surface area contributed by atoms with Crippen LogP contribution in [0.25, 0.3) is 16.9 Å². The van der Waals surface area contributed by atoms with Crippen LogP contribution in [0.5, 0.6) is 0 Å². The van der Waals surface area contributed by atoms with Crippen LogP contribution in [0.15, 0.2) is 59.7 Å². The molecule has 9 heteroatoms. The van der Waals surface area contributed by atoms with Gasteiger partial charge in [0, 0.05) is 35.1 Å². The summed E-state index contributed by atoms with van der Waals surface area (Å²) >= 11 is 12.0. The normalized spacial score (nSPS) is 10.9. The number of aromatic nitrogens is 4. The lowest BCUT2D eigenvalue weighted by Crippen LogP contribution is -2.25. The first-order valence-electron chi connectivity index (χ1n) is 8.26. The standard InChI is InChI=1S/C19H13Cl2N5O2/c20-12-1-2-15(21)14(7-12)19(28)23-10-13-8-18(27)26-17(24-13)9-16(25-26)11-3-5-22-6-4-11/h1-9,25H,10H2,(H,23,28). The van der Waals surface area contributed by atoms with Crippen LogP contribution >= 0.6 is 23.2 Å². The molecule has 4 rings (SSSR count). The van der Waals surface area contributed by atoms with Gasteiger partial charge in [0.15, 0.2) is 5.65 Å². The monoisotopic (exact) mass is 413 g/mol. The van der Waals surface area contributed by atoms with Crippen molar-refractivity contribution < 1.29 is 4.79 Å². The van der Waals surface area contributed by atoms with E-state index in [0.717, 1.165) is 11.3 Å². The molecule has 0 aliphatic rings. The molecule has 28 heavy (non-hydrogen) atoms. The second kappa shape index (κ2) is 7.46. The molecule has 2 N–H and O–H groups in total. The smallest absolute Gasteiger partial charge is 0.272 e. The highest BCUT2D eigenvalue weighted by molar-refractivity contribution is 6.35. The van der Waals surface area contributed by atoms with E-state index in [1.807, 2.05) is 12.1 Å². The number of hydrogen-bond acceptors (Lipinski definition) is 4. The first-order chi connectivity index (χ1) is 13.5. The van der Waals surface area contributed by atoms with Crippen LogP contribution in [0.2, 0.25) is 10.0 Å². The quantitative estimate of drug-likeness (QED) is 0.536. The molecule has 3 heterocycles. The second-order valence-corrected chi connectivity index (χ2v) is 6.84. The number of carbonyl (C=O) groups is 1. The minimum absolute atomic E-state index is 0.0726. The predicted molar refractivity (Wildman–Crippen MR) is 107 cm³/mol. The topological polar surface area (TPSA) is 92.2 Å². The number of H-pyrrole nitrogens is 1. The fraction of sp³-hybridized carbons (Fsp3) is 0.0526. The SMILES string of the molecule is O=C(NCc1cc(=O)n2[nH]c(-c3ccncc3)cc2n1)c1cc(Cl)ccc1Cl. The van der Waals surface area contributed by atoms with Crippen molar-refractivity contribution in [2.24, 2.45) is 0 Å². The molecule has 4 aromatic rings. The molecule has 3 aromatic heterocycles. The zero-order valence-electron chi connectivity index (χ0n) is 14.3. The Morgan fingerprint density at radius 2 is 1.89 bits per heavy atom. The number of nitrogens with one attached hydrogen (secondary N) is 2. The van der Waals surface area contributed by atoms with Crippen molar-refractivity contribution in [1.29, 1.82) is 0 Å². The van der Waals surface area contributed by atoms with Crippen molar-refractivity contribution in [3.05, 3.63) is 86.5 Å². The zero-order chi connectivity index (χ0) is 19.7. The number of amides is 1. The summed E-state index contributed by atoms with van der Waals surface area (Å²) in [6.45, 7) is 0.0726. The number of aromatic amines is 1. The van der Waals surface area contributed by atoms with E-state index in [2.05, 4.69) is 20.4 Å². The average molecular weight is 414 g/mol. The first-order valence-corrected chi connectivity index (χ1v) is 9.02. The Morgan fingerprint density at radius 3 is 2.68 bits per heavy atom. The van der Waals surface area contributed by atoms with Gasteiger partial charge in [-0.2, -0.15) is 0 Å². The summed E-state index contributed by atoms with van der Waals surface area (Å²) in [6.07, 6.45) is 3.33. The number of hydrogen-bond donors (Lipinski definition) is 2. The van der Waals surface area contributed by atoms with Crippen LogP contribution in [0.3, 0.4) is 0 Å². The van der Waals surface area contributed by atoms with Gasteiger partial charge >= 0.3 is 0 Å². The Labute approximate surface area is 169 Å². The first kappa shape index (κ1) is 18.2. The summed E-state index contributed by atoms with van der Waals surface area (Å²) < 4.78 is 1.34. The molecule has 0 fully saturated rings. The molecule has 0 saturated heterocycles. The van der Waals surface area contributed by atoms with E-state index in [-0.39, 0.29) is 22.7 Å². The molecular weight excluding hydrogens is 401 g/mol. The Kier molecular flexibility index (Phi) is 4.85. The molecule has 1 aromatic carbocycles. The number of carbonyl (C=O) groups excluding carboxylic acids is 1. The third-order valence-electron chi connectivity index (χ3n) is 4.10. The fourth-order valence-corrected chi connectivity index (χ4v) is 3.12. The summed E-state index contributed by atoms with van der Waals surface area (Å²) in [5.74, 6) is -0.402. The van der Waals surface area contributed by atoms with Crippen molar-refractivity contribution in [3.8, 4) is 11.3 Å². The van der Waals surface area contributed by atoms with Crippen molar-refractivity contribution in [3.63, 3.8) is 0 Å². The molecule has 1 amide bonds. The predicted octanol–water partition coefficient (Wildman–Crippen LogP) is 3.32. The van der Waals surface area contributed by atoms with Gasteiger partial charge < -0.3 is 5.32 Å². The molecule has 0 radical (unpaired) electrons. The van der Waals surface area contributed by atoms with Gasteiger partial charge in [0.1, 0.15) is 0 Å². The van der Waals surface area contributed by atoms with Crippen molar-refractivity contribution in [2.45, 2.75) is 6.54 Å². The van der Waals surface area contributed by atoms with E-state index in [4.69, 9.17) is 23.2 Å².